The Labute approximate surface area is 305 Å². The molecule has 8 rings (SSSR count). The normalized spacial score (nSPS) is 11.0. The van der Waals surface area contributed by atoms with Crippen molar-refractivity contribution < 1.29 is 0 Å². The van der Waals surface area contributed by atoms with Crippen LogP contribution in [-0.4, -0.2) is 0 Å². The lowest BCUT2D eigenvalue weighted by atomic mass is 10.0. The van der Waals surface area contributed by atoms with E-state index >= 15 is 0 Å². The van der Waals surface area contributed by atoms with Crippen molar-refractivity contribution in [1.29, 1.82) is 5.26 Å². The summed E-state index contributed by atoms with van der Waals surface area (Å²) < 4.78 is 0. The molecule has 3 nitrogen and oxygen atoms in total. The molecule has 0 radical (unpaired) electrons. The van der Waals surface area contributed by atoms with Crippen LogP contribution in [0, 0.1) is 11.3 Å². The van der Waals surface area contributed by atoms with Gasteiger partial charge in [0.1, 0.15) is 0 Å². The number of nitrogens with zero attached hydrogens (tertiary/aromatic N) is 3. The first kappa shape index (κ1) is 32.1. The van der Waals surface area contributed by atoms with Crippen molar-refractivity contribution in [3.05, 3.63) is 217 Å². The number of hydrogen-bond donors (Lipinski definition) is 0. The molecule has 0 saturated heterocycles. The van der Waals surface area contributed by atoms with Gasteiger partial charge < -0.3 is 9.80 Å². The Morgan fingerprint density at radius 2 is 0.731 bits per heavy atom. The zero-order chi connectivity index (χ0) is 35.1. The van der Waals surface area contributed by atoms with Crippen LogP contribution in [0.25, 0.3) is 34.1 Å². The monoisotopic (exact) mass is 665 g/mol. The molecule has 0 saturated carbocycles. The van der Waals surface area contributed by atoms with Crippen LogP contribution in [0.4, 0.5) is 34.1 Å². The van der Waals surface area contributed by atoms with Gasteiger partial charge in [-0.2, -0.15) is 5.26 Å². The molecule has 0 heterocycles. The lowest BCUT2D eigenvalue weighted by molar-refractivity contribution is 1.28. The van der Waals surface area contributed by atoms with Gasteiger partial charge in [0.2, 0.25) is 0 Å². The molecule has 0 aliphatic carbocycles. The Bertz CT molecular complexity index is 2440. The van der Waals surface area contributed by atoms with Crippen molar-refractivity contribution in [2.24, 2.45) is 0 Å². The summed E-state index contributed by atoms with van der Waals surface area (Å²) in [5, 5.41) is 11.8. The molecule has 0 unspecified atom stereocenters. The lowest BCUT2D eigenvalue weighted by Crippen LogP contribution is -2.09. The number of benzene rings is 8. The topological polar surface area (TPSA) is 30.3 Å². The lowest BCUT2D eigenvalue weighted by Gasteiger charge is -2.26. The molecular formula is C49H35N3. The van der Waals surface area contributed by atoms with Gasteiger partial charge in [-0.25, -0.2) is 0 Å². The minimum absolute atomic E-state index is 0.641. The fourth-order valence-electron chi connectivity index (χ4n) is 6.57. The highest BCUT2D eigenvalue weighted by atomic mass is 15.1. The summed E-state index contributed by atoms with van der Waals surface area (Å²) in [6, 6.07) is 71.9. The van der Waals surface area contributed by atoms with Crippen molar-refractivity contribution in [3.8, 4) is 17.2 Å². The predicted molar refractivity (Wildman–Crippen MR) is 219 cm³/mol. The molecule has 0 N–H and O–H groups in total. The summed E-state index contributed by atoms with van der Waals surface area (Å²) in [5.74, 6) is 0. The molecule has 8 aromatic carbocycles. The number of fused-ring (bicyclic) bond motifs is 1. The second-order valence-electron chi connectivity index (χ2n) is 12.6. The minimum atomic E-state index is 0.641. The Hall–Kier alpha value is -7.15. The van der Waals surface area contributed by atoms with E-state index in [0.29, 0.717) is 5.56 Å². The maximum atomic E-state index is 9.38. The van der Waals surface area contributed by atoms with E-state index in [1.54, 1.807) is 0 Å². The fourth-order valence-corrected chi connectivity index (χ4v) is 6.57. The van der Waals surface area contributed by atoms with Crippen LogP contribution in [0.5, 0.6) is 0 Å². The van der Waals surface area contributed by atoms with E-state index in [4.69, 9.17) is 0 Å². The van der Waals surface area contributed by atoms with E-state index in [1.807, 2.05) is 36.4 Å². The van der Waals surface area contributed by atoms with Gasteiger partial charge >= 0.3 is 0 Å². The fraction of sp³-hybridized carbons (Fsp3) is 0. The number of rotatable bonds is 9. The smallest absolute Gasteiger partial charge is 0.0991 e. The standard InChI is InChI=1S/C49H35N3/c50-36-39-21-30-47(31-22-39)52(49-34-27-40-9-7-8-10-43(40)35-49)48-32-25-42(26-33-48)41-23-17-37(18-24-41)15-16-38-19-28-46(29-20-38)51(44-11-3-1-4-12-44)45-13-5-2-6-14-45/h1-35H. The number of anilines is 6. The average Bonchev–Trinajstić information content (AvgIpc) is 3.22. The highest BCUT2D eigenvalue weighted by Crippen LogP contribution is 2.38. The van der Waals surface area contributed by atoms with Crippen LogP contribution >= 0.6 is 0 Å². The van der Waals surface area contributed by atoms with E-state index in [1.165, 1.54) is 10.8 Å². The Kier molecular flexibility index (Phi) is 9.11. The van der Waals surface area contributed by atoms with Gasteiger partial charge in [0.15, 0.2) is 0 Å². The molecule has 0 amide bonds. The Balaban J connectivity index is 1.00. The van der Waals surface area contributed by atoms with Crippen molar-refractivity contribution in [1.82, 2.24) is 0 Å². The summed E-state index contributed by atoms with van der Waals surface area (Å²) in [6.45, 7) is 0. The highest BCUT2D eigenvalue weighted by Gasteiger charge is 2.14. The second-order valence-corrected chi connectivity index (χ2v) is 12.6. The van der Waals surface area contributed by atoms with Gasteiger partial charge in [0.05, 0.1) is 11.6 Å². The van der Waals surface area contributed by atoms with Crippen molar-refractivity contribution in [3.63, 3.8) is 0 Å². The van der Waals surface area contributed by atoms with Crippen LogP contribution in [0.2, 0.25) is 0 Å². The molecule has 3 heteroatoms. The third-order valence-electron chi connectivity index (χ3n) is 9.26. The molecule has 0 aliphatic heterocycles. The van der Waals surface area contributed by atoms with Gasteiger partial charge in [-0.05, 0) is 118 Å². The summed E-state index contributed by atoms with van der Waals surface area (Å²) in [7, 11) is 0. The number of hydrogen-bond acceptors (Lipinski definition) is 3. The maximum absolute atomic E-state index is 9.38. The molecule has 246 valence electrons. The van der Waals surface area contributed by atoms with Crippen LogP contribution in [-0.2, 0) is 0 Å². The quantitative estimate of drug-likeness (QED) is 0.144. The first-order valence-corrected chi connectivity index (χ1v) is 17.4. The zero-order valence-electron chi connectivity index (χ0n) is 28.5. The summed E-state index contributed by atoms with van der Waals surface area (Å²) in [6.07, 6.45) is 4.32. The second kappa shape index (κ2) is 14.8. The SMILES string of the molecule is N#Cc1ccc(N(c2ccc(-c3ccc(C=Cc4ccc(N(c5ccccc5)c5ccccc5)cc4)cc3)cc2)c2ccc3ccccc3c2)cc1. The molecular weight excluding hydrogens is 631 g/mol. The van der Waals surface area contributed by atoms with Gasteiger partial charge in [-0.1, -0.05) is 127 Å². The molecule has 0 aliphatic rings. The Morgan fingerprint density at radius 3 is 1.27 bits per heavy atom. The minimum Gasteiger partial charge on any atom is -0.311 e. The van der Waals surface area contributed by atoms with E-state index in [9.17, 15) is 5.26 Å². The summed E-state index contributed by atoms with van der Waals surface area (Å²) in [4.78, 5) is 4.51. The number of nitriles is 1. The third-order valence-corrected chi connectivity index (χ3v) is 9.26. The van der Waals surface area contributed by atoms with Crippen molar-refractivity contribution in [2.75, 3.05) is 9.80 Å². The van der Waals surface area contributed by atoms with Crippen LogP contribution < -0.4 is 9.80 Å². The molecule has 0 atom stereocenters. The zero-order valence-corrected chi connectivity index (χ0v) is 28.5. The third kappa shape index (κ3) is 6.96. The average molecular weight is 666 g/mol. The largest absolute Gasteiger partial charge is 0.311 e. The predicted octanol–water partition coefficient (Wildman–Crippen LogP) is 13.5. The van der Waals surface area contributed by atoms with Gasteiger partial charge in [-0.15, -0.1) is 0 Å². The molecule has 0 fully saturated rings. The maximum Gasteiger partial charge on any atom is 0.0991 e. The summed E-state index contributed by atoms with van der Waals surface area (Å²) >= 11 is 0. The molecule has 0 spiro atoms. The van der Waals surface area contributed by atoms with Gasteiger partial charge in [0, 0.05) is 34.1 Å². The first-order chi connectivity index (χ1) is 25.7. The van der Waals surface area contributed by atoms with E-state index in [0.717, 1.165) is 56.4 Å². The van der Waals surface area contributed by atoms with Crippen LogP contribution in [0.1, 0.15) is 16.7 Å². The summed E-state index contributed by atoms with van der Waals surface area (Å²) in [5.41, 5.74) is 11.7. The van der Waals surface area contributed by atoms with E-state index < -0.39 is 0 Å². The van der Waals surface area contributed by atoms with Crippen molar-refractivity contribution in [2.45, 2.75) is 0 Å². The van der Waals surface area contributed by atoms with Gasteiger partial charge in [-0.3, -0.25) is 0 Å². The molecule has 0 aromatic heterocycles. The highest BCUT2D eigenvalue weighted by molar-refractivity contribution is 5.89. The Morgan fingerprint density at radius 1 is 0.346 bits per heavy atom. The first-order valence-electron chi connectivity index (χ1n) is 17.4. The van der Waals surface area contributed by atoms with E-state index in [-0.39, 0.29) is 0 Å². The number of para-hydroxylation sites is 2. The molecule has 8 aromatic rings. The van der Waals surface area contributed by atoms with Gasteiger partial charge in [0.25, 0.3) is 0 Å². The molecule has 52 heavy (non-hydrogen) atoms. The molecule has 0 bridgehead atoms. The van der Waals surface area contributed by atoms with Crippen LogP contribution in [0.15, 0.2) is 200 Å². The van der Waals surface area contributed by atoms with E-state index in [2.05, 4.69) is 192 Å². The van der Waals surface area contributed by atoms with Crippen molar-refractivity contribution >= 4 is 57.0 Å². The van der Waals surface area contributed by atoms with Crippen LogP contribution in [0.3, 0.4) is 0 Å².